The van der Waals surface area contributed by atoms with E-state index >= 15 is 0 Å². The number of benzene rings is 2. The maximum Gasteiger partial charge on any atom is 0.336 e. The normalized spacial score (nSPS) is 10.9. The van der Waals surface area contributed by atoms with Gasteiger partial charge >= 0.3 is 5.97 Å². The molecule has 0 fully saturated rings. The molecular weight excluding hydrogens is 328 g/mol. The molecule has 6 heteroatoms. The van der Waals surface area contributed by atoms with Gasteiger partial charge in [0.25, 0.3) is 0 Å². The van der Waals surface area contributed by atoms with Gasteiger partial charge in [0, 0.05) is 21.0 Å². The Balaban J connectivity index is 2.34. The standard InChI is InChI=1S/C16H8Cl2FNO2/c17-9-3-1-8(2-4-9)14-7-12(16(21)22)11-5-10(18)6-13(19)15(11)20-14/h1-7H,(H,21,22). The van der Waals surface area contributed by atoms with Crippen LogP contribution in [0.25, 0.3) is 22.2 Å². The zero-order chi connectivity index (χ0) is 15.9. The number of nitrogens with zero attached hydrogens (tertiary/aromatic N) is 1. The maximum absolute atomic E-state index is 14.1. The van der Waals surface area contributed by atoms with Crippen molar-refractivity contribution in [1.82, 2.24) is 4.98 Å². The fraction of sp³-hybridized carbons (Fsp3) is 0. The van der Waals surface area contributed by atoms with E-state index in [0.717, 1.165) is 6.07 Å². The molecule has 22 heavy (non-hydrogen) atoms. The molecule has 3 aromatic rings. The largest absolute Gasteiger partial charge is 0.478 e. The van der Waals surface area contributed by atoms with E-state index in [1.165, 1.54) is 12.1 Å². The van der Waals surface area contributed by atoms with Gasteiger partial charge in [-0.2, -0.15) is 0 Å². The highest BCUT2D eigenvalue weighted by molar-refractivity contribution is 6.31. The second kappa shape index (κ2) is 5.55. The van der Waals surface area contributed by atoms with Crippen molar-refractivity contribution in [2.75, 3.05) is 0 Å². The predicted octanol–water partition coefficient (Wildman–Crippen LogP) is 5.05. The monoisotopic (exact) mass is 335 g/mol. The average Bonchev–Trinajstić information content (AvgIpc) is 2.47. The molecule has 0 aliphatic rings. The molecule has 0 saturated heterocycles. The van der Waals surface area contributed by atoms with Gasteiger partial charge in [0.15, 0.2) is 5.82 Å². The minimum absolute atomic E-state index is 0.0331. The Bertz CT molecular complexity index is 895. The maximum atomic E-state index is 14.1. The summed E-state index contributed by atoms with van der Waals surface area (Å²) in [5.41, 5.74) is 0.900. The number of aromatic carboxylic acids is 1. The number of aromatic nitrogens is 1. The van der Waals surface area contributed by atoms with Crippen molar-refractivity contribution in [2.24, 2.45) is 0 Å². The molecule has 2 aromatic carbocycles. The van der Waals surface area contributed by atoms with Gasteiger partial charge in [0.2, 0.25) is 0 Å². The number of carboxylic acids is 1. The van der Waals surface area contributed by atoms with Gasteiger partial charge in [-0.05, 0) is 30.3 Å². The third-order valence-corrected chi connectivity index (χ3v) is 3.67. The Morgan fingerprint density at radius 2 is 1.73 bits per heavy atom. The van der Waals surface area contributed by atoms with Crippen molar-refractivity contribution in [1.29, 1.82) is 0 Å². The number of halogens is 3. The molecule has 0 radical (unpaired) electrons. The molecule has 0 aliphatic heterocycles. The van der Waals surface area contributed by atoms with Crippen molar-refractivity contribution in [2.45, 2.75) is 0 Å². The van der Waals surface area contributed by atoms with Gasteiger partial charge in [-0.25, -0.2) is 14.2 Å². The second-order valence-corrected chi connectivity index (χ2v) is 5.52. The Hall–Kier alpha value is -2.17. The quantitative estimate of drug-likeness (QED) is 0.713. The van der Waals surface area contributed by atoms with Crippen LogP contribution in [0.4, 0.5) is 4.39 Å². The molecule has 110 valence electrons. The topological polar surface area (TPSA) is 50.2 Å². The number of carbonyl (C=O) groups is 1. The van der Waals surface area contributed by atoms with E-state index in [9.17, 15) is 14.3 Å². The highest BCUT2D eigenvalue weighted by Crippen LogP contribution is 2.29. The Morgan fingerprint density at radius 1 is 1.05 bits per heavy atom. The van der Waals surface area contributed by atoms with E-state index < -0.39 is 11.8 Å². The van der Waals surface area contributed by atoms with Crippen LogP contribution in [0.3, 0.4) is 0 Å². The summed E-state index contributed by atoms with van der Waals surface area (Å²) in [6.45, 7) is 0. The first kappa shape index (κ1) is 14.8. The van der Waals surface area contributed by atoms with Gasteiger partial charge in [-0.3, -0.25) is 0 Å². The van der Waals surface area contributed by atoms with Gasteiger partial charge < -0.3 is 5.11 Å². The third kappa shape index (κ3) is 2.63. The first-order chi connectivity index (χ1) is 10.5. The summed E-state index contributed by atoms with van der Waals surface area (Å²) in [4.78, 5) is 15.7. The summed E-state index contributed by atoms with van der Waals surface area (Å²) in [6.07, 6.45) is 0. The average molecular weight is 336 g/mol. The third-order valence-electron chi connectivity index (χ3n) is 3.20. The van der Waals surface area contributed by atoms with Gasteiger partial charge in [0.1, 0.15) is 5.52 Å². The molecule has 1 heterocycles. The lowest BCUT2D eigenvalue weighted by atomic mass is 10.0. The van der Waals surface area contributed by atoms with E-state index in [-0.39, 0.29) is 21.5 Å². The van der Waals surface area contributed by atoms with E-state index in [1.54, 1.807) is 24.3 Å². The number of hydrogen-bond acceptors (Lipinski definition) is 2. The van der Waals surface area contributed by atoms with Crippen LogP contribution in [0.2, 0.25) is 10.0 Å². The lowest BCUT2D eigenvalue weighted by Crippen LogP contribution is -2.01. The highest BCUT2D eigenvalue weighted by Gasteiger charge is 2.16. The summed E-state index contributed by atoms with van der Waals surface area (Å²) >= 11 is 11.6. The molecule has 0 aliphatic carbocycles. The summed E-state index contributed by atoms with van der Waals surface area (Å²) in [5, 5.41) is 10.2. The number of fused-ring (bicyclic) bond motifs is 1. The predicted molar refractivity (Wildman–Crippen MR) is 84.1 cm³/mol. The van der Waals surface area contributed by atoms with Crippen molar-refractivity contribution < 1.29 is 14.3 Å². The Morgan fingerprint density at radius 3 is 2.36 bits per heavy atom. The Kier molecular flexibility index (Phi) is 3.72. The first-order valence-corrected chi connectivity index (χ1v) is 7.00. The zero-order valence-corrected chi connectivity index (χ0v) is 12.5. The lowest BCUT2D eigenvalue weighted by Gasteiger charge is -2.08. The molecule has 0 spiro atoms. The van der Waals surface area contributed by atoms with Crippen molar-refractivity contribution in [3.05, 3.63) is 63.9 Å². The fourth-order valence-corrected chi connectivity index (χ4v) is 2.53. The smallest absolute Gasteiger partial charge is 0.336 e. The van der Waals surface area contributed by atoms with Gasteiger partial charge in [-0.15, -0.1) is 0 Å². The van der Waals surface area contributed by atoms with Crippen molar-refractivity contribution in [3.63, 3.8) is 0 Å². The Labute approximate surface area is 134 Å². The molecule has 3 rings (SSSR count). The summed E-state index contributed by atoms with van der Waals surface area (Å²) in [5.74, 6) is -1.84. The second-order valence-electron chi connectivity index (χ2n) is 4.65. The number of hydrogen-bond donors (Lipinski definition) is 1. The molecule has 0 saturated carbocycles. The molecule has 1 aromatic heterocycles. The van der Waals surface area contributed by atoms with Crippen LogP contribution in [-0.4, -0.2) is 16.1 Å². The van der Waals surface area contributed by atoms with E-state index in [1.807, 2.05) is 0 Å². The SMILES string of the molecule is O=C(O)c1cc(-c2ccc(Cl)cc2)nc2c(F)cc(Cl)cc12. The van der Waals surface area contributed by atoms with E-state index in [4.69, 9.17) is 23.2 Å². The molecular formula is C16H8Cl2FNO2. The summed E-state index contributed by atoms with van der Waals surface area (Å²) < 4.78 is 14.1. The molecule has 3 nitrogen and oxygen atoms in total. The molecule has 0 amide bonds. The summed E-state index contributed by atoms with van der Waals surface area (Å²) in [6, 6.07) is 10.6. The van der Waals surface area contributed by atoms with Crippen molar-refractivity contribution in [3.8, 4) is 11.3 Å². The number of pyridine rings is 1. The lowest BCUT2D eigenvalue weighted by molar-refractivity contribution is 0.0699. The molecule has 0 atom stereocenters. The van der Waals surface area contributed by atoms with E-state index in [2.05, 4.69) is 4.98 Å². The first-order valence-electron chi connectivity index (χ1n) is 6.25. The van der Waals surface area contributed by atoms with Gasteiger partial charge in [0.05, 0.1) is 11.3 Å². The summed E-state index contributed by atoms with van der Waals surface area (Å²) in [7, 11) is 0. The van der Waals surface area contributed by atoms with E-state index in [0.29, 0.717) is 16.3 Å². The highest BCUT2D eigenvalue weighted by atomic mass is 35.5. The van der Waals surface area contributed by atoms with Crippen LogP contribution in [0.1, 0.15) is 10.4 Å². The fourth-order valence-electron chi connectivity index (χ4n) is 2.20. The minimum Gasteiger partial charge on any atom is -0.478 e. The van der Waals surface area contributed by atoms with Crippen LogP contribution >= 0.6 is 23.2 Å². The number of carboxylic acid groups (broad SMARTS) is 1. The molecule has 0 bridgehead atoms. The number of rotatable bonds is 2. The van der Waals surface area contributed by atoms with Crippen LogP contribution in [0.5, 0.6) is 0 Å². The van der Waals surface area contributed by atoms with Crippen LogP contribution in [0.15, 0.2) is 42.5 Å². The molecule has 0 unspecified atom stereocenters. The van der Waals surface area contributed by atoms with Crippen LogP contribution < -0.4 is 0 Å². The van der Waals surface area contributed by atoms with Crippen LogP contribution in [-0.2, 0) is 0 Å². The zero-order valence-electron chi connectivity index (χ0n) is 11.0. The van der Waals surface area contributed by atoms with Crippen molar-refractivity contribution >= 4 is 40.1 Å². The minimum atomic E-state index is -1.18. The van der Waals surface area contributed by atoms with Crippen LogP contribution in [0, 0.1) is 5.82 Å². The van der Waals surface area contributed by atoms with Gasteiger partial charge in [-0.1, -0.05) is 35.3 Å². The molecule has 1 N–H and O–H groups in total.